The number of fused-ring (bicyclic) bond motifs is 1. The fourth-order valence-corrected chi connectivity index (χ4v) is 4.40. The molecule has 0 atom stereocenters. The molecule has 1 fully saturated rings. The van der Waals surface area contributed by atoms with Crippen LogP contribution in [0.1, 0.15) is 19.3 Å². The van der Waals surface area contributed by atoms with E-state index in [-0.39, 0.29) is 18.2 Å². The molecular formula is C20H20F2N4O3S. The van der Waals surface area contributed by atoms with E-state index >= 15 is 0 Å². The van der Waals surface area contributed by atoms with Gasteiger partial charge in [0.25, 0.3) is 0 Å². The van der Waals surface area contributed by atoms with Gasteiger partial charge in [-0.15, -0.1) is 0 Å². The summed E-state index contributed by atoms with van der Waals surface area (Å²) in [6.45, 7) is -0.766. The molecule has 1 amide bonds. The number of H-pyrrole nitrogens is 1. The van der Waals surface area contributed by atoms with E-state index in [0.717, 1.165) is 24.6 Å². The Morgan fingerprint density at radius 1 is 1.27 bits per heavy atom. The third-order valence-electron chi connectivity index (χ3n) is 4.93. The normalized spacial score (nSPS) is 14.1. The first-order valence-electron chi connectivity index (χ1n) is 9.50. The van der Waals surface area contributed by atoms with E-state index in [9.17, 15) is 22.0 Å². The molecule has 0 bridgehead atoms. The number of nitrogens with zero attached hydrogens (tertiary/aromatic N) is 2. The largest absolute Gasteiger partial charge is 0.346 e. The van der Waals surface area contributed by atoms with Gasteiger partial charge in [-0.25, -0.2) is 17.8 Å². The van der Waals surface area contributed by atoms with E-state index in [1.54, 1.807) is 29.3 Å². The van der Waals surface area contributed by atoms with Crippen molar-refractivity contribution < 1.29 is 22.0 Å². The van der Waals surface area contributed by atoms with Gasteiger partial charge in [0.05, 0.1) is 18.1 Å². The highest BCUT2D eigenvalue weighted by Crippen LogP contribution is 2.36. The number of nitrogens with one attached hydrogen (secondary N) is 2. The fraction of sp³-hybridized carbons (Fsp3) is 0.300. The third-order valence-corrected chi connectivity index (χ3v) is 6.28. The molecule has 1 aromatic carbocycles. The maximum atomic E-state index is 14.7. The smallest absolute Gasteiger partial charge is 0.232 e. The number of alkyl halides is 1. The Morgan fingerprint density at radius 2 is 2.07 bits per heavy atom. The Kier molecular flexibility index (Phi) is 5.42. The first-order chi connectivity index (χ1) is 14.4. The van der Waals surface area contributed by atoms with Crippen molar-refractivity contribution in [2.24, 2.45) is 0 Å². The second kappa shape index (κ2) is 8.02. The van der Waals surface area contributed by atoms with E-state index in [2.05, 4.69) is 14.7 Å². The Hall–Kier alpha value is -3.01. The number of pyridine rings is 1. The lowest BCUT2D eigenvalue weighted by atomic mass is 10.0. The van der Waals surface area contributed by atoms with E-state index in [4.69, 9.17) is 0 Å². The van der Waals surface area contributed by atoms with Gasteiger partial charge in [0, 0.05) is 17.6 Å². The van der Waals surface area contributed by atoms with Crippen LogP contribution in [0.2, 0.25) is 0 Å². The summed E-state index contributed by atoms with van der Waals surface area (Å²) in [5.41, 5.74) is 1.53. The quantitative estimate of drug-likeness (QED) is 0.503. The summed E-state index contributed by atoms with van der Waals surface area (Å²) in [7, 11) is -3.84. The molecule has 0 saturated heterocycles. The van der Waals surface area contributed by atoms with Gasteiger partial charge in [-0.2, -0.15) is 0 Å². The van der Waals surface area contributed by atoms with Crippen LogP contribution in [0.3, 0.4) is 0 Å². The zero-order chi connectivity index (χ0) is 21.3. The summed E-state index contributed by atoms with van der Waals surface area (Å²) in [5, 5.41) is 0.746. The number of carbonyl (C=O) groups excluding carboxylic acids is 1. The van der Waals surface area contributed by atoms with Crippen LogP contribution in [-0.2, 0) is 14.8 Å². The number of aromatic amines is 1. The molecule has 4 rings (SSSR count). The zero-order valence-electron chi connectivity index (χ0n) is 15.9. The van der Waals surface area contributed by atoms with Crippen LogP contribution < -0.4 is 9.62 Å². The van der Waals surface area contributed by atoms with Gasteiger partial charge in [-0.05, 0) is 54.7 Å². The van der Waals surface area contributed by atoms with Crippen molar-refractivity contribution in [2.45, 2.75) is 25.3 Å². The molecule has 3 aromatic rings. The van der Waals surface area contributed by atoms with Crippen LogP contribution in [0.4, 0.5) is 20.3 Å². The summed E-state index contributed by atoms with van der Waals surface area (Å²) < 4.78 is 53.0. The van der Waals surface area contributed by atoms with E-state index in [0.29, 0.717) is 22.6 Å². The molecule has 0 radical (unpaired) electrons. The minimum absolute atomic E-state index is 0.119. The molecule has 1 aliphatic carbocycles. The number of halogens is 2. The molecule has 0 spiro atoms. The Labute approximate surface area is 172 Å². The molecule has 0 aliphatic heterocycles. The van der Waals surface area contributed by atoms with E-state index < -0.39 is 28.3 Å². The summed E-state index contributed by atoms with van der Waals surface area (Å²) in [6, 6.07) is 7.78. The highest BCUT2D eigenvalue weighted by atomic mass is 32.2. The number of carbonyl (C=O) groups is 1. The lowest BCUT2D eigenvalue weighted by Crippen LogP contribution is -2.24. The Bertz CT molecular complexity index is 1190. The SMILES string of the molecule is O=CN(c1cc(-c2ccc(NS(=O)(=O)CCCF)c(F)c2)c2cc[nH]c2n1)C1CC1. The molecular weight excluding hydrogens is 414 g/mol. The third kappa shape index (κ3) is 4.13. The van der Waals surface area contributed by atoms with Crippen molar-refractivity contribution in [1.82, 2.24) is 9.97 Å². The number of benzene rings is 1. The van der Waals surface area contributed by atoms with Crippen molar-refractivity contribution in [1.29, 1.82) is 0 Å². The van der Waals surface area contributed by atoms with E-state index in [1.165, 1.54) is 12.1 Å². The fourth-order valence-electron chi connectivity index (χ4n) is 3.30. The predicted octanol–water partition coefficient (Wildman–Crippen LogP) is 3.60. The molecule has 1 saturated carbocycles. The molecule has 7 nitrogen and oxygen atoms in total. The average Bonchev–Trinajstić information content (AvgIpc) is 3.43. The second-order valence-electron chi connectivity index (χ2n) is 7.17. The molecule has 2 N–H and O–H groups in total. The standard InChI is InChI=1S/C20H20F2N4O3S/c21-7-1-9-30(28,29)25-18-5-2-13(10-17(18)22)16-11-19(26(12-27)14-3-4-14)24-20-15(16)6-8-23-20/h2,5-6,8,10-12,14,25H,1,3-4,7,9H2,(H,23,24). The molecule has 2 aromatic heterocycles. The predicted molar refractivity (Wildman–Crippen MR) is 111 cm³/mol. The number of amides is 1. The van der Waals surface area contributed by atoms with Gasteiger partial charge < -0.3 is 4.98 Å². The van der Waals surface area contributed by atoms with Gasteiger partial charge in [-0.3, -0.25) is 18.8 Å². The maximum Gasteiger partial charge on any atom is 0.232 e. The van der Waals surface area contributed by atoms with Crippen LogP contribution in [0.25, 0.3) is 22.2 Å². The van der Waals surface area contributed by atoms with Gasteiger partial charge in [-0.1, -0.05) is 6.07 Å². The van der Waals surface area contributed by atoms with Crippen LogP contribution in [0.15, 0.2) is 36.5 Å². The second-order valence-corrected chi connectivity index (χ2v) is 9.01. The minimum Gasteiger partial charge on any atom is -0.346 e. The van der Waals surface area contributed by atoms with Crippen LogP contribution >= 0.6 is 0 Å². The van der Waals surface area contributed by atoms with Gasteiger partial charge in [0.15, 0.2) is 0 Å². The van der Waals surface area contributed by atoms with Gasteiger partial charge in [0.1, 0.15) is 17.3 Å². The molecule has 1 aliphatic rings. The lowest BCUT2D eigenvalue weighted by molar-refractivity contribution is -0.107. The number of anilines is 2. The van der Waals surface area contributed by atoms with Crippen molar-refractivity contribution in [3.63, 3.8) is 0 Å². The molecule has 10 heteroatoms. The van der Waals surface area contributed by atoms with Crippen LogP contribution in [0.5, 0.6) is 0 Å². The first kappa shape index (κ1) is 20.3. The monoisotopic (exact) mass is 434 g/mol. The lowest BCUT2D eigenvalue weighted by Gasteiger charge is -2.17. The highest BCUT2D eigenvalue weighted by molar-refractivity contribution is 7.92. The van der Waals surface area contributed by atoms with Gasteiger partial charge >= 0.3 is 0 Å². The summed E-state index contributed by atoms with van der Waals surface area (Å²) in [5.74, 6) is -0.716. The molecule has 158 valence electrons. The Balaban J connectivity index is 1.71. The molecule has 0 unspecified atom stereocenters. The Morgan fingerprint density at radius 3 is 2.73 bits per heavy atom. The molecule has 2 heterocycles. The zero-order valence-corrected chi connectivity index (χ0v) is 16.8. The van der Waals surface area contributed by atoms with Crippen LogP contribution in [-0.4, -0.2) is 43.3 Å². The number of hydrogen-bond donors (Lipinski definition) is 2. The maximum absolute atomic E-state index is 14.7. The van der Waals surface area contributed by atoms with Gasteiger partial charge in [0.2, 0.25) is 16.4 Å². The first-order valence-corrected chi connectivity index (χ1v) is 11.2. The summed E-state index contributed by atoms with van der Waals surface area (Å²) in [6.07, 6.45) is 4.11. The number of hydrogen-bond acceptors (Lipinski definition) is 4. The van der Waals surface area contributed by atoms with Crippen LogP contribution in [0, 0.1) is 5.82 Å². The van der Waals surface area contributed by atoms with Crippen molar-refractivity contribution >= 4 is 39.0 Å². The van der Waals surface area contributed by atoms with E-state index in [1.807, 2.05) is 0 Å². The minimum atomic E-state index is -3.84. The van der Waals surface area contributed by atoms with Crippen molar-refractivity contribution in [3.05, 3.63) is 42.3 Å². The summed E-state index contributed by atoms with van der Waals surface area (Å²) in [4.78, 5) is 20.6. The number of sulfonamides is 1. The average molecular weight is 434 g/mol. The van der Waals surface area contributed by atoms with Crippen molar-refractivity contribution in [2.75, 3.05) is 22.0 Å². The highest BCUT2D eigenvalue weighted by Gasteiger charge is 2.30. The number of rotatable bonds is 9. The molecule has 30 heavy (non-hydrogen) atoms. The topological polar surface area (TPSA) is 95.2 Å². The van der Waals surface area contributed by atoms with Crippen molar-refractivity contribution in [3.8, 4) is 11.1 Å². The summed E-state index contributed by atoms with van der Waals surface area (Å²) >= 11 is 0. The number of aromatic nitrogens is 2.